The molecule has 142 valence electrons. The molecule has 0 aromatic carbocycles. The van der Waals surface area contributed by atoms with Gasteiger partial charge in [-0.3, -0.25) is 14.7 Å². The lowest BCUT2D eigenvalue weighted by Gasteiger charge is -2.38. The highest BCUT2D eigenvalue weighted by Gasteiger charge is 2.31. The Morgan fingerprint density at radius 1 is 1.30 bits per heavy atom. The standard InChI is InChI=1S/C22H28N4O/c1-15-6-4-9-22(2,3)18(15)14-26-11-8-19-17(13-26)21(27)25-20(24-19)16-7-5-10-23-12-16/h5,7,10,12H,4,6,8-9,11,13-14H2,1-3H3,(H,24,25,27). The third-order valence-corrected chi connectivity index (χ3v) is 6.15. The molecule has 0 unspecified atom stereocenters. The van der Waals surface area contributed by atoms with Crippen molar-refractivity contribution in [2.45, 2.75) is 53.0 Å². The van der Waals surface area contributed by atoms with E-state index in [-0.39, 0.29) is 11.0 Å². The number of nitrogens with zero attached hydrogens (tertiary/aromatic N) is 3. The molecule has 2 aliphatic rings. The van der Waals surface area contributed by atoms with Crippen molar-refractivity contribution in [3.8, 4) is 11.4 Å². The van der Waals surface area contributed by atoms with Crippen LogP contribution in [0.15, 0.2) is 40.5 Å². The molecule has 3 heterocycles. The van der Waals surface area contributed by atoms with E-state index < -0.39 is 0 Å². The quantitative estimate of drug-likeness (QED) is 0.843. The van der Waals surface area contributed by atoms with Crippen LogP contribution in [0.1, 0.15) is 51.3 Å². The van der Waals surface area contributed by atoms with Gasteiger partial charge in [-0.2, -0.15) is 0 Å². The van der Waals surface area contributed by atoms with Gasteiger partial charge in [0.2, 0.25) is 0 Å². The number of aromatic nitrogens is 3. The first-order chi connectivity index (χ1) is 12.9. The Labute approximate surface area is 160 Å². The summed E-state index contributed by atoms with van der Waals surface area (Å²) < 4.78 is 0. The van der Waals surface area contributed by atoms with E-state index in [4.69, 9.17) is 4.98 Å². The van der Waals surface area contributed by atoms with Crippen molar-refractivity contribution in [2.75, 3.05) is 13.1 Å². The van der Waals surface area contributed by atoms with Gasteiger partial charge < -0.3 is 4.98 Å². The summed E-state index contributed by atoms with van der Waals surface area (Å²) in [4.78, 5) is 27.0. The van der Waals surface area contributed by atoms with Gasteiger partial charge in [-0.05, 0) is 43.7 Å². The fourth-order valence-corrected chi connectivity index (χ4v) is 4.50. The van der Waals surface area contributed by atoms with Crippen molar-refractivity contribution in [3.63, 3.8) is 0 Å². The smallest absolute Gasteiger partial charge is 0.255 e. The van der Waals surface area contributed by atoms with Crippen molar-refractivity contribution in [3.05, 3.63) is 57.3 Å². The van der Waals surface area contributed by atoms with Crippen LogP contribution >= 0.6 is 0 Å². The number of nitrogens with one attached hydrogen (secondary N) is 1. The van der Waals surface area contributed by atoms with E-state index in [1.165, 1.54) is 24.8 Å². The zero-order valence-corrected chi connectivity index (χ0v) is 16.5. The fraction of sp³-hybridized carbons (Fsp3) is 0.500. The van der Waals surface area contributed by atoms with Gasteiger partial charge in [-0.1, -0.05) is 25.0 Å². The summed E-state index contributed by atoms with van der Waals surface area (Å²) in [5.74, 6) is 0.618. The van der Waals surface area contributed by atoms with E-state index in [9.17, 15) is 4.79 Å². The molecule has 27 heavy (non-hydrogen) atoms. The van der Waals surface area contributed by atoms with E-state index in [0.717, 1.165) is 36.3 Å². The lowest BCUT2D eigenvalue weighted by Crippen LogP contribution is -2.39. The minimum Gasteiger partial charge on any atom is -0.306 e. The molecule has 2 aromatic rings. The topological polar surface area (TPSA) is 61.9 Å². The summed E-state index contributed by atoms with van der Waals surface area (Å²) in [6.07, 6.45) is 8.02. The summed E-state index contributed by atoms with van der Waals surface area (Å²) in [7, 11) is 0. The molecule has 5 nitrogen and oxygen atoms in total. The van der Waals surface area contributed by atoms with Crippen LogP contribution in [0.25, 0.3) is 11.4 Å². The zero-order chi connectivity index (χ0) is 19.0. The van der Waals surface area contributed by atoms with Gasteiger partial charge in [0, 0.05) is 44.0 Å². The molecule has 0 amide bonds. The summed E-state index contributed by atoms with van der Waals surface area (Å²) in [5, 5.41) is 0. The molecule has 1 N–H and O–H groups in total. The molecule has 2 aromatic heterocycles. The number of hydrogen-bond acceptors (Lipinski definition) is 4. The summed E-state index contributed by atoms with van der Waals surface area (Å²) in [6.45, 7) is 9.58. The van der Waals surface area contributed by atoms with Crippen molar-refractivity contribution < 1.29 is 0 Å². The molecule has 0 spiro atoms. The van der Waals surface area contributed by atoms with Gasteiger partial charge in [0.05, 0.1) is 11.3 Å². The molecular formula is C22H28N4O. The highest BCUT2D eigenvalue weighted by atomic mass is 16.1. The largest absolute Gasteiger partial charge is 0.306 e. The number of rotatable bonds is 3. The molecule has 0 radical (unpaired) electrons. The van der Waals surface area contributed by atoms with Gasteiger partial charge >= 0.3 is 0 Å². The van der Waals surface area contributed by atoms with Crippen LogP contribution in [0.4, 0.5) is 0 Å². The van der Waals surface area contributed by atoms with Crippen molar-refractivity contribution in [1.82, 2.24) is 19.9 Å². The maximum Gasteiger partial charge on any atom is 0.255 e. The SMILES string of the molecule is CC1=C(CN2CCc3nc(-c4cccnc4)[nH]c(=O)c3C2)C(C)(C)CCC1. The second kappa shape index (κ2) is 7.04. The molecule has 0 saturated heterocycles. The number of H-pyrrole nitrogens is 1. The molecule has 0 bridgehead atoms. The summed E-state index contributed by atoms with van der Waals surface area (Å²) in [6, 6.07) is 3.78. The molecule has 4 rings (SSSR count). The van der Waals surface area contributed by atoms with Gasteiger partial charge in [-0.25, -0.2) is 4.98 Å². The Morgan fingerprint density at radius 3 is 2.89 bits per heavy atom. The van der Waals surface area contributed by atoms with Gasteiger partial charge in [-0.15, -0.1) is 0 Å². The van der Waals surface area contributed by atoms with Crippen molar-refractivity contribution in [2.24, 2.45) is 5.41 Å². The maximum absolute atomic E-state index is 12.7. The van der Waals surface area contributed by atoms with Crippen LogP contribution in [0.5, 0.6) is 0 Å². The molecule has 0 saturated carbocycles. The predicted octanol–water partition coefficient (Wildman–Crippen LogP) is 3.72. The van der Waals surface area contributed by atoms with Crippen LogP contribution in [0, 0.1) is 5.41 Å². The molecule has 0 fully saturated rings. The lowest BCUT2D eigenvalue weighted by atomic mass is 9.72. The maximum atomic E-state index is 12.7. The third-order valence-electron chi connectivity index (χ3n) is 6.15. The van der Waals surface area contributed by atoms with Crippen LogP contribution in [0.3, 0.4) is 0 Å². The first-order valence-corrected chi connectivity index (χ1v) is 9.88. The van der Waals surface area contributed by atoms with Gasteiger partial charge in [0.15, 0.2) is 0 Å². The molecule has 5 heteroatoms. The average Bonchev–Trinajstić information content (AvgIpc) is 2.65. The molecule has 0 atom stereocenters. The number of allylic oxidation sites excluding steroid dienone is 1. The Hall–Kier alpha value is -2.27. The normalized spacial score (nSPS) is 19.8. The number of hydrogen-bond donors (Lipinski definition) is 1. The van der Waals surface area contributed by atoms with Crippen molar-refractivity contribution >= 4 is 0 Å². The predicted molar refractivity (Wildman–Crippen MR) is 107 cm³/mol. The van der Waals surface area contributed by atoms with E-state index in [0.29, 0.717) is 12.4 Å². The van der Waals surface area contributed by atoms with E-state index in [1.54, 1.807) is 18.0 Å². The summed E-state index contributed by atoms with van der Waals surface area (Å²) >= 11 is 0. The second-order valence-electron chi connectivity index (χ2n) is 8.54. The van der Waals surface area contributed by atoms with Crippen LogP contribution in [-0.4, -0.2) is 32.9 Å². The minimum atomic E-state index is -0.0165. The van der Waals surface area contributed by atoms with Crippen molar-refractivity contribution in [1.29, 1.82) is 0 Å². The number of aromatic amines is 1. The Morgan fingerprint density at radius 2 is 2.15 bits per heavy atom. The van der Waals surface area contributed by atoms with Gasteiger partial charge in [0.25, 0.3) is 5.56 Å². The second-order valence-corrected chi connectivity index (χ2v) is 8.54. The Bertz CT molecular complexity index is 927. The monoisotopic (exact) mass is 364 g/mol. The Kier molecular flexibility index (Phi) is 4.72. The van der Waals surface area contributed by atoms with E-state index in [2.05, 4.69) is 35.6 Å². The van der Waals surface area contributed by atoms with Gasteiger partial charge in [0.1, 0.15) is 5.82 Å². The third kappa shape index (κ3) is 3.61. The molecule has 1 aliphatic carbocycles. The highest BCUT2D eigenvalue weighted by molar-refractivity contribution is 5.53. The number of fused-ring (bicyclic) bond motifs is 1. The molecule has 1 aliphatic heterocycles. The van der Waals surface area contributed by atoms with Crippen LogP contribution in [-0.2, 0) is 13.0 Å². The van der Waals surface area contributed by atoms with E-state index >= 15 is 0 Å². The summed E-state index contributed by atoms with van der Waals surface area (Å²) in [5.41, 5.74) is 5.95. The minimum absolute atomic E-state index is 0.0165. The fourth-order valence-electron chi connectivity index (χ4n) is 4.50. The average molecular weight is 364 g/mol. The number of pyridine rings is 1. The Balaban J connectivity index is 1.58. The highest BCUT2D eigenvalue weighted by Crippen LogP contribution is 2.40. The zero-order valence-electron chi connectivity index (χ0n) is 16.5. The molecular weight excluding hydrogens is 336 g/mol. The van der Waals surface area contributed by atoms with Crippen LogP contribution < -0.4 is 5.56 Å². The van der Waals surface area contributed by atoms with E-state index in [1.807, 2.05) is 12.1 Å². The van der Waals surface area contributed by atoms with Crippen LogP contribution in [0.2, 0.25) is 0 Å². The first kappa shape index (κ1) is 18.1. The first-order valence-electron chi connectivity index (χ1n) is 9.88. The lowest BCUT2D eigenvalue weighted by molar-refractivity contribution is 0.238.